The van der Waals surface area contributed by atoms with E-state index in [0.717, 1.165) is 9.75 Å². The largest absolute Gasteiger partial charge is 0.481 e. The monoisotopic (exact) mass is 277 g/mol. The van der Waals surface area contributed by atoms with Crippen LogP contribution in [0, 0.1) is 0 Å². The van der Waals surface area contributed by atoms with Crippen LogP contribution in [0.15, 0.2) is 12.1 Å². The van der Waals surface area contributed by atoms with Gasteiger partial charge >= 0.3 is 5.97 Å². The third kappa shape index (κ3) is 6.40. The van der Waals surface area contributed by atoms with Gasteiger partial charge in [-0.1, -0.05) is 0 Å². The van der Waals surface area contributed by atoms with Gasteiger partial charge in [0.15, 0.2) is 0 Å². The molecule has 2 N–H and O–H groups in total. The maximum atomic E-state index is 10.9. The Balaban J connectivity index is 2.32. The molecule has 1 aromatic rings. The van der Waals surface area contributed by atoms with Crippen LogP contribution >= 0.6 is 11.3 Å². The number of carboxylic acids is 1. The summed E-state index contributed by atoms with van der Waals surface area (Å²) in [5, 5.41) is 11.6. The van der Waals surface area contributed by atoms with E-state index >= 15 is 0 Å². The van der Waals surface area contributed by atoms with Gasteiger partial charge in [-0.3, -0.25) is 4.79 Å². The highest BCUT2D eigenvalue weighted by Gasteiger charge is 2.05. The average Bonchev–Trinajstić information content (AvgIpc) is 2.58. The Morgan fingerprint density at radius 1 is 1.41 bits per heavy atom. The van der Waals surface area contributed by atoms with Crippen molar-refractivity contribution in [2.45, 2.75) is 13.0 Å². The summed E-state index contributed by atoms with van der Waals surface area (Å²) in [7, 11) is -2.93. The van der Waals surface area contributed by atoms with Crippen LogP contribution in [0.25, 0.3) is 0 Å². The molecule has 0 aliphatic carbocycles. The van der Waals surface area contributed by atoms with Crippen LogP contribution in [0.4, 0.5) is 0 Å². The number of thiophene rings is 1. The zero-order valence-electron chi connectivity index (χ0n) is 9.47. The predicted molar refractivity (Wildman–Crippen MR) is 67.1 cm³/mol. The first kappa shape index (κ1) is 14.1. The van der Waals surface area contributed by atoms with E-state index in [2.05, 4.69) is 5.32 Å². The third-order valence-corrected chi connectivity index (χ3v) is 4.02. The van der Waals surface area contributed by atoms with Gasteiger partial charge in [0, 0.05) is 29.1 Å². The highest BCUT2D eigenvalue weighted by molar-refractivity contribution is 7.90. The molecule has 0 aliphatic heterocycles. The minimum absolute atomic E-state index is 0.0357. The van der Waals surface area contributed by atoms with E-state index in [4.69, 9.17) is 5.11 Å². The Hall–Kier alpha value is -0.920. The first-order valence-corrected chi connectivity index (χ1v) is 7.92. The maximum absolute atomic E-state index is 10.9. The highest BCUT2D eigenvalue weighted by Crippen LogP contribution is 2.16. The number of carbonyl (C=O) groups is 1. The molecule has 0 spiro atoms. The predicted octanol–water partition coefficient (Wildman–Crippen LogP) is 0.509. The Morgan fingerprint density at radius 3 is 2.65 bits per heavy atom. The van der Waals surface area contributed by atoms with Gasteiger partial charge in [0.1, 0.15) is 9.84 Å². The number of sulfone groups is 1. The molecular weight excluding hydrogens is 262 g/mol. The van der Waals surface area contributed by atoms with Crippen molar-refractivity contribution in [1.82, 2.24) is 5.32 Å². The van der Waals surface area contributed by atoms with Crippen molar-refractivity contribution in [2.24, 2.45) is 0 Å². The minimum Gasteiger partial charge on any atom is -0.481 e. The summed E-state index contributed by atoms with van der Waals surface area (Å²) in [5.74, 6) is -0.733. The molecule has 1 rings (SSSR count). The fourth-order valence-electron chi connectivity index (χ4n) is 1.23. The maximum Gasteiger partial charge on any atom is 0.308 e. The van der Waals surface area contributed by atoms with Crippen LogP contribution in [-0.2, 0) is 27.6 Å². The Kier molecular flexibility index (Phi) is 5.10. The molecule has 0 bridgehead atoms. The van der Waals surface area contributed by atoms with Gasteiger partial charge in [-0.15, -0.1) is 11.3 Å². The van der Waals surface area contributed by atoms with Crippen LogP contribution in [0.3, 0.4) is 0 Å². The summed E-state index contributed by atoms with van der Waals surface area (Å²) in [6.07, 6.45) is 1.23. The number of nitrogens with one attached hydrogen (secondary N) is 1. The smallest absolute Gasteiger partial charge is 0.308 e. The second kappa shape index (κ2) is 6.13. The Labute approximate surface area is 104 Å². The van der Waals surface area contributed by atoms with Gasteiger partial charge in [0.25, 0.3) is 0 Å². The number of hydrogen-bond acceptors (Lipinski definition) is 5. The third-order valence-electron chi connectivity index (χ3n) is 1.99. The highest BCUT2D eigenvalue weighted by atomic mass is 32.2. The van der Waals surface area contributed by atoms with Gasteiger partial charge in [0.05, 0.1) is 12.2 Å². The topological polar surface area (TPSA) is 83.5 Å². The fraction of sp³-hybridized carbons (Fsp3) is 0.500. The quantitative estimate of drug-likeness (QED) is 0.710. The van der Waals surface area contributed by atoms with E-state index in [1.54, 1.807) is 6.07 Å². The average molecular weight is 277 g/mol. The SMILES string of the molecule is CS(=O)(=O)CCNCc1ccc(CC(=O)O)s1. The summed E-state index contributed by atoms with van der Waals surface area (Å²) < 4.78 is 21.7. The molecule has 0 radical (unpaired) electrons. The zero-order valence-corrected chi connectivity index (χ0v) is 11.1. The standard InChI is InChI=1S/C10H15NO4S2/c1-17(14,15)5-4-11-7-9-3-2-8(16-9)6-10(12)13/h2-3,11H,4-7H2,1H3,(H,12,13). The van der Waals surface area contributed by atoms with Crippen LogP contribution in [0.1, 0.15) is 9.75 Å². The molecule has 96 valence electrons. The second-order valence-electron chi connectivity index (χ2n) is 3.75. The molecule has 1 aromatic heterocycles. The Morgan fingerprint density at radius 2 is 2.06 bits per heavy atom. The lowest BCUT2D eigenvalue weighted by molar-refractivity contribution is -0.136. The molecule has 0 saturated carbocycles. The van der Waals surface area contributed by atoms with Crippen molar-refractivity contribution >= 4 is 27.1 Å². The van der Waals surface area contributed by atoms with Gasteiger partial charge in [-0.2, -0.15) is 0 Å². The zero-order chi connectivity index (χ0) is 12.9. The lowest BCUT2D eigenvalue weighted by Crippen LogP contribution is -2.21. The van der Waals surface area contributed by atoms with Crippen molar-refractivity contribution in [2.75, 3.05) is 18.6 Å². The molecule has 17 heavy (non-hydrogen) atoms. The van der Waals surface area contributed by atoms with E-state index < -0.39 is 15.8 Å². The minimum atomic E-state index is -2.93. The van der Waals surface area contributed by atoms with Crippen molar-refractivity contribution in [1.29, 1.82) is 0 Å². The first-order valence-electron chi connectivity index (χ1n) is 5.04. The van der Waals surface area contributed by atoms with E-state index in [9.17, 15) is 13.2 Å². The second-order valence-corrected chi connectivity index (χ2v) is 7.26. The summed E-state index contributed by atoms with van der Waals surface area (Å²) in [6, 6.07) is 3.64. The molecule has 0 fully saturated rings. The van der Waals surface area contributed by atoms with Gasteiger partial charge in [0.2, 0.25) is 0 Å². The molecule has 0 atom stereocenters. The van der Waals surface area contributed by atoms with Gasteiger partial charge < -0.3 is 10.4 Å². The summed E-state index contributed by atoms with van der Waals surface area (Å²) >= 11 is 1.43. The summed E-state index contributed by atoms with van der Waals surface area (Å²) in [4.78, 5) is 12.3. The first-order chi connectivity index (χ1) is 7.87. The summed E-state index contributed by atoms with van der Waals surface area (Å²) in [5.41, 5.74) is 0. The summed E-state index contributed by atoms with van der Waals surface area (Å²) in [6.45, 7) is 0.977. The molecule has 0 aliphatic rings. The number of aliphatic carboxylic acids is 1. The van der Waals surface area contributed by atoms with E-state index in [-0.39, 0.29) is 12.2 Å². The van der Waals surface area contributed by atoms with Crippen molar-refractivity contribution in [3.05, 3.63) is 21.9 Å². The van der Waals surface area contributed by atoms with Crippen molar-refractivity contribution < 1.29 is 18.3 Å². The fourth-order valence-corrected chi connectivity index (χ4v) is 2.72. The number of carboxylic acid groups (broad SMARTS) is 1. The number of rotatable bonds is 7. The Bertz CT molecular complexity index is 478. The molecule has 1 heterocycles. The van der Waals surface area contributed by atoms with Crippen molar-refractivity contribution in [3.8, 4) is 0 Å². The lowest BCUT2D eigenvalue weighted by atomic mass is 10.3. The van der Waals surface area contributed by atoms with Crippen LogP contribution in [0.5, 0.6) is 0 Å². The molecule has 0 unspecified atom stereocenters. The van der Waals surface area contributed by atoms with Crippen LogP contribution in [-0.4, -0.2) is 38.0 Å². The van der Waals surface area contributed by atoms with E-state index in [0.29, 0.717) is 13.1 Å². The van der Waals surface area contributed by atoms with Gasteiger partial charge in [-0.25, -0.2) is 8.42 Å². The van der Waals surface area contributed by atoms with Crippen LogP contribution < -0.4 is 5.32 Å². The van der Waals surface area contributed by atoms with Crippen molar-refractivity contribution in [3.63, 3.8) is 0 Å². The molecule has 0 saturated heterocycles. The molecule has 0 amide bonds. The molecule has 0 aromatic carbocycles. The molecule has 7 heteroatoms. The van der Waals surface area contributed by atoms with E-state index in [1.165, 1.54) is 17.6 Å². The lowest BCUT2D eigenvalue weighted by Gasteiger charge is -2.01. The molecular formula is C10H15NO4S2. The van der Waals surface area contributed by atoms with Gasteiger partial charge in [-0.05, 0) is 12.1 Å². The molecule has 5 nitrogen and oxygen atoms in total. The van der Waals surface area contributed by atoms with Crippen LogP contribution in [0.2, 0.25) is 0 Å². The van der Waals surface area contributed by atoms with E-state index in [1.807, 2.05) is 6.07 Å². The normalized spacial score (nSPS) is 11.6. The number of hydrogen-bond donors (Lipinski definition) is 2.